The number of hydrogen-bond donors (Lipinski definition) is 1. The summed E-state index contributed by atoms with van der Waals surface area (Å²) in [4.78, 5) is 5.12. The minimum Gasteiger partial charge on any atom is -0.316 e. The van der Waals surface area contributed by atoms with Gasteiger partial charge in [0.2, 0.25) is 0 Å². The monoisotopic (exact) mass is 253 g/mol. The summed E-state index contributed by atoms with van der Waals surface area (Å²) in [6.07, 6.45) is 6.91. The van der Waals surface area contributed by atoms with Gasteiger partial charge in [-0.15, -0.1) is 0 Å². The molecule has 0 aromatic heterocycles. The minimum atomic E-state index is 0.507. The highest BCUT2D eigenvalue weighted by Gasteiger charge is 2.29. The fraction of sp³-hybridized carbons (Fsp3) is 1.00. The lowest BCUT2D eigenvalue weighted by Crippen LogP contribution is -2.40. The fourth-order valence-corrected chi connectivity index (χ4v) is 3.61. The molecule has 18 heavy (non-hydrogen) atoms. The Labute approximate surface area is 113 Å². The normalized spacial score (nSPS) is 34.3. The van der Waals surface area contributed by atoms with Crippen molar-refractivity contribution in [2.24, 2.45) is 5.41 Å². The van der Waals surface area contributed by atoms with Crippen LogP contribution in [0.5, 0.6) is 0 Å². The zero-order chi connectivity index (χ0) is 13.0. The highest BCUT2D eigenvalue weighted by Crippen LogP contribution is 2.25. The molecule has 0 aromatic carbocycles. The Balaban J connectivity index is 1.69. The molecule has 2 fully saturated rings. The molecule has 3 heteroatoms. The lowest BCUT2D eigenvalue weighted by molar-refractivity contribution is 0.145. The minimum absolute atomic E-state index is 0.507. The average molecular weight is 253 g/mol. The molecule has 1 N–H and O–H groups in total. The Morgan fingerprint density at radius 2 is 2.22 bits per heavy atom. The van der Waals surface area contributed by atoms with Crippen LogP contribution in [0, 0.1) is 5.41 Å². The number of rotatable bonds is 5. The predicted molar refractivity (Wildman–Crippen MR) is 78.0 cm³/mol. The molecule has 0 saturated carbocycles. The first-order valence-corrected chi connectivity index (χ1v) is 7.69. The second-order valence-electron chi connectivity index (χ2n) is 6.89. The zero-order valence-corrected chi connectivity index (χ0v) is 12.5. The van der Waals surface area contributed by atoms with Crippen molar-refractivity contribution < 1.29 is 0 Å². The topological polar surface area (TPSA) is 18.5 Å². The lowest BCUT2D eigenvalue weighted by Gasteiger charge is -2.35. The number of hydrogen-bond acceptors (Lipinski definition) is 3. The van der Waals surface area contributed by atoms with Crippen LogP contribution in [0.15, 0.2) is 0 Å². The van der Waals surface area contributed by atoms with Gasteiger partial charge in [-0.2, -0.15) is 0 Å². The van der Waals surface area contributed by atoms with Crippen molar-refractivity contribution >= 4 is 0 Å². The van der Waals surface area contributed by atoms with Crippen molar-refractivity contribution in [1.82, 2.24) is 15.1 Å². The van der Waals surface area contributed by atoms with E-state index in [1.165, 1.54) is 64.8 Å². The standard InChI is InChI=1S/C15H31N3/c1-15(8-9-16-12-15)13-17(2)11-7-14-6-4-5-10-18(14)3/h14,16H,4-13H2,1-3H3. The molecule has 3 nitrogen and oxygen atoms in total. The smallest absolute Gasteiger partial charge is 0.0104 e. The number of nitrogens with one attached hydrogen (secondary N) is 1. The maximum atomic E-state index is 3.50. The van der Waals surface area contributed by atoms with E-state index in [0.717, 1.165) is 6.04 Å². The fourth-order valence-electron chi connectivity index (χ4n) is 3.61. The summed E-state index contributed by atoms with van der Waals surface area (Å²) in [6.45, 7) is 8.63. The van der Waals surface area contributed by atoms with Crippen LogP contribution in [-0.4, -0.2) is 62.7 Å². The molecule has 2 heterocycles. The van der Waals surface area contributed by atoms with E-state index in [1.54, 1.807) is 0 Å². The third kappa shape index (κ3) is 3.94. The summed E-state index contributed by atoms with van der Waals surface area (Å²) >= 11 is 0. The van der Waals surface area contributed by atoms with E-state index in [2.05, 4.69) is 36.1 Å². The van der Waals surface area contributed by atoms with Crippen molar-refractivity contribution in [3.63, 3.8) is 0 Å². The molecule has 2 aliphatic heterocycles. The maximum Gasteiger partial charge on any atom is 0.0104 e. The molecule has 0 spiro atoms. The Morgan fingerprint density at radius 3 is 2.89 bits per heavy atom. The van der Waals surface area contributed by atoms with Crippen LogP contribution < -0.4 is 5.32 Å². The van der Waals surface area contributed by atoms with Gasteiger partial charge in [0.05, 0.1) is 0 Å². The first-order chi connectivity index (χ1) is 8.59. The van der Waals surface area contributed by atoms with Crippen LogP contribution in [0.25, 0.3) is 0 Å². The van der Waals surface area contributed by atoms with Gasteiger partial charge in [0.25, 0.3) is 0 Å². The average Bonchev–Trinajstić information content (AvgIpc) is 2.74. The second kappa shape index (κ2) is 6.36. The molecule has 2 saturated heterocycles. The van der Waals surface area contributed by atoms with Crippen LogP contribution >= 0.6 is 0 Å². The van der Waals surface area contributed by atoms with Crippen molar-refractivity contribution in [2.75, 3.05) is 46.8 Å². The SMILES string of the molecule is CN(CCC1CCCCN1C)CC1(C)CCNC1. The van der Waals surface area contributed by atoms with E-state index in [9.17, 15) is 0 Å². The summed E-state index contributed by atoms with van der Waals surface area (Å²) in [5.41, 5.74) is 0.507. The van der Waals surface area contributed by atoms with Gasteiger partial charge in [0.15, 0.2) is 0 Å². The van der Waals surface area contributed by atoms with E-state index in [4.69, 9.17) is 0 Å². The highest BCUT2D eigenvalue weighted by atomic mass is 15.2. The van der Waals surface area contributed by atoms with Crippen LogP contribution in [0.3, 0.4) is 0 Å². The number of likely N-dealkylation sites (tertiary alicyclic amines) is 1. The van der Waals surface area contributed by atoms with Crippen molar-refractivity contribution in [3.8, 4) is 0 Å². The zero-order valence-electron chi connectivity index (χ0n) is 12.5. The van der Waals surface area contributed by atoms with Gasteiger partial charge in [0.1, 0.15) is 0 Å². The van der Waals surface area contributed by atoms with Crippen molar-refractivity contribution in [1.29, 1.82) is 0 Å². The maximum absolute atomic E-state index is 3.50. The predicted octanol–water partition coefficient (Wildman–Crippen LogP) is 1.79. The lowest BCUT2D eigenvalue weighted by atomic mass is 9.89. The Kier molecular flexibility index (Phi) is 5.05. The van der Waals surface area contributed by atoms with Crippen molar-refractivity contribution in [2.45, 2.75) is 45.1 Å². The Morgan fingerprint density at radius 1 is 1.39 bits per heavy atom. The van der Waals surface area contributed by atoms with Crippen LogP contribution in [0.1, 0.15) is 39.0 Å². The van der Waals surface area contributed by atoms with Crippen molar-refractivity contribution in [3.05, 3.63) is 0 Å². The molecule has 2 atom stereocenters. The second-order valence-corrected chi connectivity index (χ2v) is 6.89. The molecule has 2 rings (SSSR count). The van der Waals surface area contributed by atoms with E-state index in [1.807, 2.05) is 0 Å². The molecule has 0 aliphatic carbocycles. The van der Waals surface area contributed by atoms with Crippen LogP contribution in [0.2, 0.25) is 0 Å². The summed E-state index contributed by atoms with van der Waals surface area (Å²) in [6, 6.07) is 0.829. The third-order valence-corrected chi connectivity index (χ3v) is 4.87. The Hall–Kier alpha value is -0.120. The van der Waals surface area contributed by atoms with E-state index >= 15 is 0 Å². The molecule has 106 valence electrons. The molecule has 0 bridgehead atoms. The molecule has 0 amide bonds. The first kappa shape index (κ1) is 14.3. The molecule has 0 aromatic rings. The van der Waals surface area contributed by atoms with Gasteiger partial charge >= 0.3 is 0 Å². The van der Waals surface area contributed by atoms with Gasteiger partial charge in [-0.05, 0) is 64.8 Å². The molecule has 0 radical (unpaired) electrons. The highest BCUT2D eigenvalue weighted by molar-refractivity contribution is 4.86. The number of nitrogens with zero attached hydrogens (tertiary/aromatic N) is 2. The molecular formula is C15H31N3. The summed E-state index contributed by atoms with van der Waals surface area (Å²) in [7, 11) is 4.60. The van der Waals surface area contributed by atoms with Gasteiger partial charge in [-0.3, -0.25) is 0 Å². The number of piperidine rings is 1. The summed E-state index contributed by atoms with van der Waals surface area (Å²) in [5.74, 6) is 0. The summed E-state index contributed by atoms with van der Waals surface area (Å²) < 4.78 is 0. The van der Waals surface area contributed by atoms with Gasteiger partial charge in [-0.1, -0.05) is 13.3 Å². The Bertz CT molecular complexity index is 248. The largest absolute Gasteiger partial charge is 0.316 e. The third-order valence-electron chi connectivity index (χ3n) is 4.87. The van der Waals surface area contributed by atoms with Gasteiger partial charge in [-0.25, -0.2) is 0 Å². The van der Waals surface area contributed by atoms with Gasteiger partial charge < -0.3 is 15.1 Å². The van der Waals surface area contributed by atoms with E-state index in [-0.39, 0.29) is 0 Å². The van der Waals surface area contributed by atoms with Crippen LogP contribution in [0.4, 0.5) is 0 Å². The first-order valence-electron chi connectivity index (χ1n) is 7.69. The van der Waals surface area contributed by atoms with E-state index in [0.29, 0.717) is 5.41 Å². The quantitative estimate of drug-likeness (QED) is 0.806. The molecular weight excluding hydrogens is 222 g/mol. The van der Waals surface area contributed by atoms with E-state index < -0.39 is 0 Å². The molecule has 2 unspecified atom stereocenters. The van der Waals surface area contributed by atoms with Gasteiger partial charge in [0, 0.05) is 19.1 Å². The van der Waals surface area contributed by atoms with Crippen LogP contribution in [-0.2, 0) is 0 Å². The molecule has 2 aliphatic rings. The summed E-state index contributed by atoms with van der Waals surface area (Å²) in [5, 5.41) is 3.50.